The predicted octanol–water partition coefficient (Wildman–Crippen LogP) is 2.84. The maximum Gasteiger partial charge on any atom is 0.411 e. The van der Waals surface area contributed by atoms with E-state index in [1.165, 1.54) is 17.0 Å². The number of rotatable bonds is 6. The number of ether oxygens (including phenoxy) is 1. The van der Waals surface area contributed by atoms with Crippen LogP contribution < -0.4 is 5.32 Å². The topological polar surface area (TPSA) is 102 Å². The molecule has 172 valence electrons. The normalized spacial score (nSPS) is 25.2. The number of halogens is 2. The molecule has 2 aliphatic rings. The Balaban J connectivity index is 1.76. The standard InChI is InChI=1S/C20H26ClFN2O6S/c1-19(2,3)30-18(26)24-14(8-20(9-15(20)24)11-29-31(4,27)28)17(25)23-10-12-6-5-7-13(21)16(12)22/h5-7,14-15H,8-11H2,1-4H3,(H,23,25)/t14-,15+,20-/m0/s1. The molecule has 0 spiro atoms. The van der Waals surface area contributed by atoms with Crippen molar-refractivity contribution in [2.24, 2.45) is 5.41 Å². The summed E-state index contributed by atoms with van der Waals surface area (Å²) in [7, 11) is -3.67. The molecule has 0 radical (unpaired) electrons. The summed E-state index contributed by atoms with van der Waals surface area (Å²) < 4.78 is 47.4. The predicted molar refractivity (Wildman–Crippen MR) is 111 cm³/mol. The summed E-state index contributed by atoms with van der Waals surface area (Å²) in [6.07, 6.45) is 1.01. The quantitative estimate of drug-likeness (QED) is 0.633. The number of benzene rings is 1. The minimum Gasteiger partial charge on any atom is -0.444 e. The van der Waals surface area contributed by atoms with Gasteiger partial charge in [-0.3, -0.25) is 13.9 Å². The Kier molecular flexibility index (Phi) is 6.29. The van der Waals surface area contributed by atoms with Crippen molar-refractivity contribution in [2.45, 2.75) is 57.8 Å². The third-order valence-electron chi connectivity index (χ3n) is 5.37. The van der Waals surface area contributed by atoms with Gasteiger partial charge in [0.05, 0.1) is 17.9 Å². The third-order valence-corrected chi connectivity index (χ3v) is 6.21. The van der Waals surface area contributed by atoms with Crippen LogP contribution in [0, 0.1) is 11.2 Å². The van der Waals surface area contributed by atoms with Gasteiger partial charge in [-0.15, -0.1) is 0 Å². The molecular formula is C20H26ClFN2O6S. The molecule has 1 aromatic carbocycles. The average molecular weight is 477 g/mol. The number of piperidine rings is 1. The van der Waals surface area contributed by atoms with Crippen molar-refractivity contribution < 1.29 is 31.3 Å². The maximum absolute atomic E-state index is 14.1. The molecule has 2 fully saturated rings. The maximum atomic E-state index is 14.1. The molecule has 0 bridgehead atoms. The van der Waals surface area contributed by atoms with Crippen molar-refractivity contribution in [1.29, 1.82) is 0 Å². The number of hydrogen-bond donors (Lipinski definition) is 1. The van der Waals surface area contributed by atoms with E-state index in [4.69, 9.17) is 20.5 Å². The van der Waals surface area contributed by atoms with Gasteiger partial charge in [-0.2, -0.15) is 8.42 Å². The lowest BCUT2D eigenvalue weighted by molar-refractivity contribution is -0.126. The van der Waals surface area contributed by atoms with Crippen LogP contribution in [0.25, 0.3) is 0 Å². The first-order valence-electron chi connectivity index (χ1n) is 9.79. The Labute approximate surface area is 186 Å². The highest BCUT2D eigenvalue weighted by molar-refractivity contribution is 7.85. The number of nitrogens with one attached hydrogen (secondary N) is 1. The minimum absolute atomic E-state index is 0.0545. The molecule has 3 atom stereocenters. The Bertz CT molecular complexity index is 996. The summed E-state index contributed by atoms with van der Waals surface area (Å²) in [5.74, 6) is -1.11. The van der Waals surface area contributed by atoms with E-state index in [2.05, 4.69) is 5.32 Å². The Morgan fingerprint density at radius 2 is 2.00 bits per heavy atom. The highest BCUT2D eigenvalue weighted by Gasteiger charge is 2.68. The molecule has 1 saturated carbocycles. The van der Waals surface area contributed by atoms with E-state index in [0.717, 1.165) is 6.26 Å². The Morgan fingerprint density at radius 3 is 2.61 bits per heavy atom. The zero-order chi connectivity index (χ0) is 23.2. The van der Waals surface area contributed by atoms with Gasteiger partial charge >= 0.3 is 6.09 Å². The highest BCUT2D eigenvalue weighted by Crippen LogP contribution is 2.60. The zero-order valence-electron chi connectivity index (χ0n) is 17.8. The van der Waals surface area contributed by atoms with Crippen molar-refractivity contribution in [1.82, 2.24) is 10.2 Å². The zero-order valence-corrected chi connectivity index (χ0v) is 19.3. The average Bonchev–Trinajstić information content (AvgIpc) is 3.23. The molecule has 31 heavy (non-hydrogen) atoms. The van der Waals surface area contributed by atoms with Crippen LogP contribution in [0.3, 0.4) is 0 Å². The minimum atomic E-state index is -3.67. The number of hydrogen-bond acceptors (Lipinski definition) is 6. The third kappa shape index (κ3) is 5.48. The lowest BCUT2D eigenvalue weighted by Crippen LogP contribution is -2.49. The van der Waals surface area contributed by atoms with Crippen LogP contribution in [-0.4, -0.2) is 55.9 Å². The second kappa shape index (κ2) is 8.22. The number of amides is 2. The highest BCUT2D eigenvalue weighted by atomic mass is 35.5. The first-order valence-corrected chi connectivity index (χ1v) is 12.0. The van der Waals surface area contributed by atoms with Crippen LogP contribution in [-0.2, 0) is 30.4 Å². The molecule has 1 saturated heterocycles. The fourth-order valence-electron chi connectivity index (χ4n) is 3.85. The molecule has 1 aliphatic heterocycles. The summed E-state index contributed by atoms with van der Waals surface area (Å²) in [6.45, 7) is 4.91. The smallest absolute Gasteiger partial charge is 0.411 e. The lowest BCUT2D eigenvalue weighted by atomic mass is 10.0. The van der Waals surface area contributed by atoms with Gasteiger partial charge in [-0.25, -0.2) is 9.18 Å². The van der Waals surface area contributed by atoms with E-state index in [1.54, 1.807) is 26.8 Å². The van der Waals surface area contributed by atoms with Gasteiger partial charge in [-0.1, -0.05) is 23.7 Å². The molecular weight excluding hydrogens is 451 g/mol. The molecule has 1 aliphatic carbocycles. The summed E-state index contributed by atoms with van der Waals surface area (Å²) in [5.41, 5.74) is -1.20. The number of carbonyl (C=O) groups is 2. The van der Waals surface area contributed by atoms with E-state index in [1.807, 2.05) is 0 Å². The first kappa shape index (κ1) is 23.7. The molecule has 3 rings (SSSR count). The fraction of sp³-hybridized carbons (Fsp3) is 0.600. The van der Waals surface area contributed by atoms with Crippen molar-refractivity contribution in [3.63, 3.8) is 0 Å². The van der Waals surface area contributed by atoms with Crippen LogP contribution in [0.2, 0.25) is 5.02 Å². The van der Waals surface area contributed by atoms with E-state index >= 15 is 0 Å². The lowest BCUT2D eigenvalue weighted by Gasteiger charge is -2.29. The molecule has 8 nitrogen and oxygen atoms in total. The van der Waals surface area contributed by atoms with Gasteiger partial charge in [0.25, 0.3) is 10.1 Å². The summed E-state index contributed by atoms with van der Waals surface area (Å²) in [6, 6.07) is 3.22. The molecule has 11 heteroatoms. The molecule has 1 N–H and O–H groups in total. The van der Waals surface area contributed by atoms with Gasteiger partial charge in [0, 0.05) is 23.6 Å². The Hall–Kier alpha value is -1.91. The van der Waals surface area contributed by atoms with Gasteiger partial charge in [0.1, 0.15) is 17.5 Å². The van der Waals surface area contributed by atoms with Gasteiger partial charge in [-0.05, 0) is 39.7 Å². The number of carbonyl (C=O) groups excluding carboxylic acids is 2. The summed E-state index contributed by atoms with van der Waals surface area (Å²) in [4.78, 5) is 27.1. The second-order valence-corrected chi connectivity index (χ2v) is 11.1. The van der Waals surface area contributed by atoms with E-state index in [9.17, 15) is 22.4 Å². The van der Waals surface area contributed by atoms with Crippen molar-refractivity contribution in [3.8, 4) is 0 Å². The first-order chi connectivity index (χ1) is 14.2. The van der Waals surface area contributed by atoms with Gasteiger partial charge in [0.2, 0.25) is 5.91 Å². The molecule has 0 unspecified atom stereocenters. The molecule has 2 amide bonds. The summed E-state index contributed by atoms with van der Waals surface area (Å²) in [5, 5.41) is 2.59. The molecule has 1 heterocycles. The van der Waals surface area contributed by atoms with Crippen LogP contribution >= 0.6 is 11.6 Å². The number of nitrogens with zero attached hydrogens (tertiary/aromatic N) is 1. The Morgan fingerprint density at radius 1 is 1.32 bits per heavy atom. The van der Waals surface area contributed by atoms with Crippen LogP contribution in [0.15, 0.2) is 18.2 Å². The van der Waals surface area contributed by atoms with E-state index < -0.39 is 45.0 Å². The van der Waals surface area contributed by atoms with Crippen molar-refractivity contribution in [2.75, 3.05) is 12.9 Å². The van der Waals surface area contributed by atoms with Crippen molar-refractivity contribution >= 4 is 33.7 Å². The number of fused-ring (bicyclic) bond motifs is 1. The fourth-order valence-corrected chi connectivity index (χ4v) is 4.49. The van der Waals surface area contributed by atoms with Gasteiger partial charge in [0.15, 0.2) is 0 Å². The van der Waals surface area contributed by atoms with Crippen LogP contribution in [0.4, 0.5) is 9.18 Å². The van der Waals surface area contributed by atoms with Crippen LogP contribution in [0.5, 0.6) is 0 Å². The number of likely N-dealkylation sites (tertiary alicyclic amines) is 1. The van der Waals surface area contributed by atoms with Crippen molar-refractivity contribution in [3.05, 3.63) is 34.6 Å². The van der Waals surface area contributed by atoms with Crippen LogP contribution in [0.1, 0.15) is 39.2 Å². The second-order valence-electron chi connectivity index (χ2n) is 9.09. The van der Waals surface area contributed by atoms with Gasteiger partial charge < -0.3 is 10.1 Å². The monoisotopic (exact) mass is 476 g/mol. The molecule has 1 aromatic rings. The van der Waals surface area contributed by atoms with E-state index in [-0.39, 0.29) is 36.2 Å². The SMILES string of the molecule is CC(C)(C)OC(=O)N1[C@H](C(=O)NCc2cccc(Cl)c2F)C[C@@]2(COS(C)(=O)=O)C[C@@H]12. The van der Waals surface area contributed by atoms with E-state index in [0.29, 0.717) is 6.42 Å². The summed E-state index contributed by atoms with van der Waals surface area (Å²) >= 11 is 5.78. The molecule has 0 aromatic heterocycles. The largest absolute Gasteiger partial charge is 0.444 e.